The molecule has 3 N–H and O–H groups in total. The van der Waals surface area contributed by atoms with Crippen molar-refractivity contribution in [3.63, 3.8) is 0 Å². The predicted molar refractivity (Wildman–Crippen MR) is 60.0 cm³/mol. The van der Waals surface area contributed by atoms with E-state index in [1.807, 2.05) is 6.92 Å². The molecule has 0 fully saturated rings. The number of carbonyl (C=O) groups excluding carboxylic acids is 1. The fourth-order valence-corrected chi connectivity index (χ4v) is 1.50. The molecule has 0 aromatic rings. The molecule has 0 rings (SSSR count). The van der Waals surface area contributed by atoms with Crippen molar-refractivity contribution in [3.8, 4) is 0 Å². The molecule has 0 bridgehead atoms. The van der Waals surface area contributed by atoms with Gasteiger partial charge in [-0.3, -0.25) is 4.79 Å². The summed E-state index contributed by atoms with van der Waals surface area (Å²) in [5.41, 5.74) is 5.51. The Hall–Kier alpha value is -0.570. The first-order valence-electron chi connectivity index (χ1n) is 5.69. The summed E-state index contributed by atoms with van der Waals surface area (Å²) in [7, 11) is 0. The summed E-state index contributed by atoms with van der Waals surface area (Å²) in [5.74, 6) is 0.108. The highest BCUT2D eigenvalue weighted by Gasteiger charge is 2.16. The number of rotatable bonds is 7. The van der Waals surface area contributed by atoms with Gasteiger partial charge in [0.25, 0.3) is 0 Å². The molecule has 0 spiro atoms. The monoisotopic (exact) mass is 200 g/mol. The van der Waals surface area contributed by atoms with Gasteiger partial charge in [-0.25, -0.2) is 0 Å². The Morgan fingerprint density at radius 2 is 1.93 bits per heavy atom. The van der Waals surface area contributed by atoms with Crippen molar-refractivity contribution in [2.45, 2.75) is 52.5 Å². The standard InChI is InChI=1S/C11H24N2O/c1-4-7-10(6-3)13-11(14)9(5-2)8-12/h9-10H,4-8,12H2,1-3H3,(H,13,14). The van der Waals surface area contributed by atoms with Crippen molar-refractivity contribution in [2.75, 3.05) is 6.54 Å². The molecular weight excluding hydrogens is 176 g/mol. The number of hydrogen-bond acceptors (Lipinski definition) is 2. The van der Waals surface area contributed by atoms with Gasteiger partial charge < -0.3 is 11.1 Å². The van der Waals surface area contributed by atoms with Gasteiger partial charge in [0.05, 0.1) is 0 Å². The Kier molecular flexibility index (Phi) is 7.48. The summed E-state index contributed by atoms with van der Waals surface area (Å²) < 4.78 is 0. The van der Waals surface area contributed by atoms with E-state index in [2.05, 4.69) is 19.2 Å². The second-order valence-corrected chi connectivity index (χ2v) is 3.74. The van der Waals surface area contributed by atoms with E-state index in [4.69, 9.17) is 5.73 Å². The summed E-state index contributed by atoms with van der Waals surface area (Å²) in [5, 5.41) is 3.05. The molecule has 14 heavy (non-hydrogen) atoms. The van der Waals surface area contributed by atoms with E-state index in [1.165, 1.54) is 0 Å². The van der Waals surface area contributed by atoms with Gasteiger partial charge in [0.2, 0.25) is 5.91 Å². The third-order valence-corrected chi connectivity index (χ3v) is 2.62. The van der Waals surface area contributed by atoms with Crippen LogP contribution >= 0.6 is 0 Å². The predicted octanol–water partition coefficient (Wildman–Crippen LogP) is 1.67. The highest BCUT2D eigenvalue weighted by atomic mass is 16.1. The van der Waals surface area contributed by atoms with E-state index >= 15 is 0 Å². The van der Waals surface area contributed by atoms with Crippen LogP contribution in [-0.2, 0) is 4.79 Å². The first-order chi connectivity index (χ1) is 6.69. The maximum Gasteiger partial charge on any atom is 0.224 e. The molecule has 0 aliphatic heterocycles. The number of nitrogens with two attached hydrogens (primary N) is 1. The summed E-state index contributed by atoms with van der Waals surface area (Å²) in [6.45, 7) is 6.68. The molecule has 2 unspecified atom stereocenters. The zero-order valence-corrected chi connectivity index (χ0v) is 9.68. The van der Waals surface area contributed by atoms with Crippen LogP contribution in [-0.4, -0.2) is 18.5 Å². The van der Waals surface area contributed by atoms with Crippen LogP contribution in [0.4, 0.5) is 0 Å². The van der Waals surface area contributed by atoms with Gasteiger partial charge in [-0.05, 0) is 19.3 Å². The highest BCUT2D eigenvalue weighted by Crippen LogP contribution is 2.05. The van der Waals surface area contributed by atoms with Crippen LogP contribution < -0.4 is 11.1 Å². The Labute approximate surface area is 87.4 Å². The molecule has 3 heteroatoms. The van der Waals surface area contributed by atoms with Gasteiger partial charge in [0.1, 0.15) is 0 Å². The third kappa shape index (κ3) is 4.61. The largest absolute Gasteiger partial charge is 0.353 e. The van der Waals surface area contributed by atoms with E-state index in [9.17, 15) is 4.79 Å². The second kappa shape index (κ2) is 7.80. The van der Waals surface area contributed by atoms with Crippen molar-refractivity contribution >= 4 is 5.91 Å². The average Bonchev–Trinajstić information content (AvgIpc) is 2.19. The van der Waals surface area contributed by atoms with E-state index in [0.717, 1.165) is 25.7 Å². The quantitative estimate of drug-likeness (QED) is 0.657. The van der Waals surface area contributed by atoms with E-state index in [1.54, 1.807) is 0 Å². The summed E-state index contributed by atoms with van der Waals surface area (Å²) in [4.78, 5) is 11.7. The molecule has 0 aromatic heterocycles. The summed E-state index contributed by atoms with van der Waals surface area (Å²) in [6.07, 6.45) is 3.99. The van der Waals surface area contributed by atoms with Gasteiger partial charge in [-0.15, -0.1) is 0 Å². The minimum Gasteiger partial charge on any atom is -0.353 e. The van der Waals surface area contributed by atoms with Crippen LogP contribution in [0.25, 0.3) is 0 Å². The van der Waals surface area contributed by atoms with Crippen molar-refractivity contribution in [1.82, 2.24) is 5.32 Å². The molecule has 0 radical (unpaired) electrons. The zero-order chi connectivity index (χ0) is 11.0. The van der Waals surface area contributed by atoms with Crippen LogP contribution in [0.1, 0.15) is 46.5 Å². The number of carbonyl (C=O) groups is 1. The molecule has 3 nitrogen and oxygen atoms in total. The Balaban J connectivity index is 3.99. The van der Waals surface area contributed by atoms with Crippen LogP contribution in [0.2, 0.25) is 0 Å². The topological polar surface area (TPSA) is 55.1 Å². The first kappa shape index (κ1) is 13.4. The minimum atomic E-state index is -0.0130. The van der Waals surface area contributed by atoms with Crippen molar-refractivity contribution in [3.05, 3.63) is 0 Å². The average molecular weight is 200 g/mol. The normalized spacial score (nSPS) is 14.9. The van der Waals surface area contributed by atoms with E-state index in [0.29, 0.717) is 12.6 Å². The lowest BCUT2D eigenvalue weighted by molar-refractivity contribution is -0.125. The highest BCUT2D eigenvalue weighted by molar-refractivity contribution is 5.79. The number of nitrogens with one attached hydrogen (secondary N) is 1. The van der Waals surface area contributed by atoms with Crippen LogP contribution in [0.3, 0.4) is 0 Å². The van der Waals surface area contributed by atoms with Gasteiger partial charge >= 0.3 is 0 Å². The number of hydrogen-bond donors (Lipinski definition) is 2. The fourth-order valence-electron chi connectivity index (χ4n) is 1.50. The van der Waals surface area contributed by atoms with Crippen LogP contribution in [0, 0.1) is 5.92 Å². The Morgan fingerprint density at radius 1 is 1.29 bits per heavy atom. The zero-order valence-electron chi connectivity index (χ0n) is 9.68. The molecule has 0 saturated heterocycles. The number of amides is 1. The molecule has 1 amide bonds. The third-order valence-electron chi connectivity index (χ3n) is 2.62. The molecule has 84 valence electrons. The fraction of sp³-hybridized carbons (Fsp3) is 0.909. The van der Waals surface area contributed by atoms with E-state index in [-0.39, 0.29) is 11.8 Å². The molecule has 2 atom stereocenters. The minimum absolute atomic E-state index is 0.0130. The second-order valence-electron chi connectivity index (χ2n) is 3.74. The molecule has 0 heterocycles. The molecular formula is C11H24N2O. The van der Waals surface area contributed by atoms with Crippen molar-refractivity contribution < 1.29 is 4.79 Å². The van der Waals surface area contributed by atoms with Gasteiger partial charge in [0, 0.05) is 18.5 Å². The lowest BCUT2D eigenvalue weighted by Crippen LogP contribution is -2.40. The first-order valence-corrected chi connectivity index (χ1v) is 5.69. The Morgan fingerprint density at radius 3 is 2.29 bits per heavy atom. The summed E-state index contributed by atoms with van der Waals surface area (Å²) in [6, 6.07) is 0.327. The smallest absolute Gasteiger partial charge is 0.224 e. The molecule has 0 saturated carbocycles. The molecule has 0 aliphatic carbocycles. The van der Waals surface area contributed by atoms with Gasteiger partial charge in [-0.1, -0.05) is 27.2 Å². The van der Waals surface area contributed by atoms with Gasteiger partial charge in [0.15, 0.2) is 0 Å². The Bertz CT molecular complexity index is 155. The van der Waals surface area contributed by atoms with Gasteiger partial charge in [-0.2, -0.15) is 0 Å². The maximum atomic E-state index is 11.7. The lowest BCUT2D eigenvalue weighted by atomic mass is 10.0. The van der Waals surface area contributed by atoms with Crippen molar-refractivity contribution in [2.24, 2.45) is 11.7 Å². The van der Waals surface area contributed by atoms with Crippen LogP contribution in [0.15, 0.2) is 0 Å². The lowest BCUT2D eigenvalue weighted by Gasteiger charge is -2.19. The SMILES string of the molecule is CCCC(CC)NC(=O)C(CC)CN. The summed E-state index contributed by atoms with van der Waals surface area (Å²) >= 11 is 0. The maximum absolute atomic E-state index is 11.7. The van der Waals surface area contributed by atoms with Crippen LogP contribution in [0.5, 0.6) is 0 Å². The van der Waals surface area contributed by atoms with Crippen molar-refractivity contribution in [1.29, 1.82) is 0 Å². The molecule has 0 aliphatic rings. The van der Waals surface area contributed by atoms with E-state index < -0.39 is 0 Å². The molecule has 0 aromatic carbocycles.